The molecule has 1 aromatic carbocycles. The lowest BCUT2D eigenvalue weighted by Gasteiger charge is -2.40. The normalized spacial score (nSPS) is 20.8. The van der Waals surface area contributed by atoms with Crippen molar-refractivity contribution in [1.29, 1.82) is 0 Å². The van der Waals surface area contributed by atoms with E-state index < -0.39 is 10.0 Å². The fourth-order valence-corrected chi connectivity index (χ4v) is 7.51. The Morgan fingerprint density at radius 3 is 2.42 bits per heavy atom. The van der Waals surface area contributed by atoms with Crippen LogP contribution in [-0.2, 0) is 14.8 Å². The highest BCUT2D eigenvalue weighted by molar-refractivity contribution is 7.91. The molecule has 1 unspecified atom stereocenters. The second-order valence-corrected chi connectivity index (χ2v) is 12.1. The van der Waals surface area contributed by atoms with Crippen LogP contribution < -0.4 is 4.90 Å². The van der Waals surface area contributed by atoms with E-state index >= 15 is 0 Å². The lowest BCUT2D eigenvalue weighted by atomic mass is 9.97. The Kier molecular flexibility index (Phi) is 6.42. The molecule has 168 valence electrons. The van der Waals surface area contributed by atoms with Crippen LogP contribution in [0.5, 0.6) is 0 Å². The van der Waals surface area contributed by atoms with Gasteiger partial charge in [-0.15, -0.1) is 11.3 Å². The first kappa shape index (κ1) is 22.3. The molecule has 2 aromatic rings. The fraction of sp³-hybridized carbons (Fsp3) is 0.522. The van der Waals surface area contributed by atoms with Gasteiger partial charge >= 0.3 is 0 Å². The van der Waals surface area contributed by atoms with Crippen molar-refractivity contribution in [3.8, 4) is 0 Å². The van der Waals surface area contributed by atoms with Gasteiger partial charge in [-0.1, -0.05) is 12.1 Å². The van der Waals surface area contributed by atoms with E-state index in [1.54, 1.807) is 6.07 Å². The van der Waals surface area contributed by atoms with Gasteiger partial charge in [0.05, 0.1) is 5.92 Å². The molecule has 1 amide bonds. The number of carbonyl (C=O) groups is 1. The Balaban J connectivity index is 1.39. The summed E-state index contributed by atoms with van der Waals surface area (Å²) in [5.74, 6) is -0.153. The highest BCUT2D eigenvalue weighted by Gasteiger charge is 2.36. The summed E-state index contributed by atoms with van der Waals surface area (Å²) in [4.78, 5) is 18.5. The van der Waals surface area contributed by atoms with E-state index in [4.69, 9.17) is 0 Å². The van der Waals surface area contributed by atoms with E-state index in [1.807, 2.05) is 17.9 Å². The van der Waals surface area contributed by atoms with Gasteiger partial charge in [0, 0.05) is 49.8 Å². The van der Waals surface area contributed by atoms with Gasteiger partial charge in [-0.2, -0.15) is 4.31 Å². The van der Waals surface area contributed by atoms with Crippen LogP contribution in [0.2, 0.25) is 0 Å². The maximum absolute atomic E-state index is 13.2. The minimum absolute atomic E-state index is 0.0999. The number of hydrogen-bond donors (Lipinski definition) is 0. The molecule has 0 radical (unpaired) electrons. The summed E-state index contributed by atoms with van der Waals surface area (Å²) < 4.78 is 27.9. The summed E-state index contributed by atoms with van der Waals surface area (Å²) in [6.45, 7) is 9.92. The predicted molar refractivity (Wildman–Crippen MR) is 125 cm³/mol. The molecule has 2 saturated heterocycles. The van der Waals surface area contributed by atoms with Crippen molar-refractivity contribution in [2.45, 2.75) is 37.8 Å². The first-order valence-corrected chi connectivity index (χ1v) is 13.2. The van der Waals surface area contributed by atoms with Crippen LogP contribution >= 0.6 is 11.3 Å². The third kappa shape index (κ3) is 4.52. The van der Waals surface area contributed by atoms with E-state index in [2.05, 4.69) is 36.9 Å². The highest BCUT2D eigenvalue weighted by atomic mass is 32.2. The smallest absolute Gasteiger partial charge is 0.252 e. The van der Waals surface area contributed by atoms with Crippen LogP contribution in [0.3, 0.4) is 0 Å². The lowest BCUT2D eigenvalue weighted by Crippen LogP contribution is -2.53. The molecule has 0 saturated carbocycles. The number of amides is 1. The molecule has 2 aliphatic heterocycles. The van der Waals surface area contributed by atoms with Crippen molar-refractivity contribution in [2.75, 3.05) is 44.2 Å². The minimum atomic E-state index is -3.52. The number of benzene rings is 1. The van der Waals surface area contributed by atoms with Crippen LogP contribution in [0.15, 0.2) is 34.5 Å². The second kappa shape index (κ2) is 8.92. The Bertz CT molecular complexity index is 1060. The van der Waals surface area contributed by atoms with Crippen LogP contribution in [0.25, 0.3) is 0 Å². The molecular formula is C23H31N3O3S2. The first-order chi connectivity index (χ1) is 14.8. The average Bonchev–Trinajstić information content (AvgIpc) is 3.23. The molecule has 0 bridgehead atoms. The molecule has 6 nitrogen and oxygen atoms in total. The molecule has 1 aromatic heterocycles. The monoisotopic (exact) mass is 461 g/mol. The largest absolute Gasteiger partial charge is 0.368 e. The van der Waals surface area contributed by atoms with Crippen LogP contribution in [0.4, 0.5) is 5.69 Å². The van der Waals surface area contributed by atoms with Gasteiger partial charge in [0.1, 0.15) is 4.21 Å². The fourth-order valence-electron chi connectivity index (χ4n) is 4.54. The maximum Gasteiger partial charge on any atom is 0.252 e. The van der Waals surface area contributed by atoms with Gasteiger partial charge in [0.2, 0.25) is 5.91 Å². The zero-order chi connectivity index (χ0) is 22.2. The van der Waals surface area contributed by atoms with Crippen molar-refractivity contribution in [1.82, 2.24) is 9.21 Å². The molecule has 0 N–H and O–H groups in total. The minimum Gasteiger partial charge on any atom is -0.368 e. The molecule has 3 heterocycles. The molecule has 0 aliphatic carbocycles. The number of anilines is 1. The third-order valence-electron chi connectivity index (χ3n) is 6.55. The topological polar surface area (TPSA) is 60.9 Å². The van der Waals surface area contributed by atoms with Gasteiger partial charge < -0.3 is 9.80 Å². The number of sulfonamides is 1. The van der Waals surface area contributed by atoms with Gasteiger partial charge in [0.15, 0.2) is 0 Å². The number of aryl methyl sites for hydroxylation is 2. The van der Waals surface area contributed by atoms with Gasteiger partial charge in [-0.3, -0.25) is 4.79 Å². The second-order valence-electron chi connectivity index (χ2n) is 8.60. The summed E-state index contributed by atoms with van der Waals surface area (Å²) in [6, 6.07) is 9.86. The van der Waals surface area contributed by atoms with Crippen molar-refractivity contribution in [2.24, 2.45) is 5.92 Å². The van der Waals surface area contributed by atoms with E-state index in [9.17, 15) is 13.2 Å². The molecule has 2 fully saturated rings. The number of rotatable bonds is 4. The summed E-state index contributed by atoms with van der Waals surface area (Å²) in [6.07, 6.45) is 1.48. The predicted octanol–water partition coefficient (Wildman–Crippen LogP) is 3.42. The Morgan fingerprint density at radius 2 is 1.74 bits per heavy atom. The molecule has 2 aliphatic rings. The highest BCUT2D eigenvalue weighted by Crippen LogP contribution is 2.29. The van der Waals surface area contributed by atoms with Crippen LogP contribution in [-0.4, -0.2) is 62.8 Å². The quantitative estimate of drug-likeness (QED) is 0.700. The van der Waals surface area contributed by atoms with Crippen molar-refractivity contribution >= 4 is 33.0 Å². The SMILES string of the molecule is Cc1ccc(S(=O)(=O)N2CCCC(C(=O)N3CCN(c4cccc(C)c4C)CC3)C2)s1. The number of carbonyl (C=O) groups excluding carboxylic acids is 1. The molecular weight excluding hydrogens is 430 g/mol. The zero-order valence-corrected chi connectivity index (χ0v) is 20.1. The standard InChI is InChI=1S/C23H31N3O3S2/c1-17-6-4-8-21(19(17)3)24-12-14-25(15-13-24)23(27)20-7-5-11-26(16-20)31(28,29)22-10-9-18(2)30-22/h4,6,8-10,20H,5,7,11-16H2,1-3H3. The lowest BCUT2D eigenvalue weighted by molar-refractivity contribution is -0.137. The molecule has 8 heteroatoms. The van der Waals surface area contributed by atoms with E-state index in [0.29, 0.717) is 23.8 Å². The van der Waals surface area contributed by atoms with Crippen molar-refractivity contribution < 1.29 is 13.2 Å². The summed E-state index contributed by atoms with van der Waals surface area (Å²) in [5, 5.41) is 0. The maximum atomic E-state index is 13.2. The number of nitrogens with zero attached hydrogens (tertiary/aromatic N) is 3. The molecule has 4 rings (SSSR count). The van der Waals surface area contributed by atoms with E-state index in [-0.39, 0.29) is 18.4 Å². The molecule has 0 spiro atoms. The third-order valence-corrected chi connectivity index (χ3v) is 9.88. The molecule has 31 heavy (non-hydrogen) atoms. The summed E-state index contributed by atoms with van der Waals surface area (Å²) in [5.41, 5.74) is 3.81. The van der Waals surface area contributed by atoms with Gasteiger partial charge in [-0.05, 0) is 62.9 Å². The first-order valence-electron chi connectivity index (χ1n) is 10.9. The Hall–Kier alpha value is -1.90. The summed E-state index contributed by atoms with van der Waals surface area (Å²) in [7, 11) is -3.52. The van der Waals surface area contributed by atoms with Crippen molar-refractivity contribution in [3.05, 3.63) is 46.3 Å². The van der Waals surface area contributed by atoms with Crippen molar-refractivity contribution in [3.63, 3.8) is 0 Å². The number of piperidine rings is 1. The Morgan fingerprint density at radius 1 is 1.00 bits per heavy atom. The van der Waals surface area contributed by atoms with Crippen LogP contribution in [0.1, 0.15) is 28.8 Å². The summed E-state index contributed by atoms with van der Waals surface area (Å²) >= 11 is 1.30. The zero-order valence-electron chi connectivity index (χ0n) is 18.5. The Labute approximate surface area is 189 Å². The van der Waals surface area contributed by atoms with E-state index in [1.165, 1.54) is 32.5 Å². The number of hydrogen-bond acceptors (Lipinski definition) is 5. The van der Waals surface area contributed by atoms with Crippen LogP contribution in [0, 0.1) is 26.7 Å². The van der Waals surface area contributed by atoms with Gasteiger partial charge in [0.25, 0.3) is 10.0 Å². The average molecular weight is 462 g/mol. The van der Waals surface area contributed by atoms with Gasteiger partial charge in [-0.25, -0.2) is 8.42 Å². The van der Waals surface area contributed by atoms with E-state index in [0.717, 1.165) is 30.8 Å². The number of piperazine rings is 1. The molecule has 1 atom stereocenters. The number of thiophene rings is 1.